The van der Waals surface area contributed by atoms with Crippen LogP contribution in [0.25, 0.3) is 0 Å². The van der Waals surface area contributed by atoms with Gasteiger partial charge in [0.25, 0.3) is 0 Å². The second-order valence-corrected chi connectivity index (χ2v) is 5.27. The van der Waals surface area contributed by atoms with Gasteiger partial charge in [0.2, 0.25) is 0 Å². The van der Waals surface area contributed by atoms with E-state index < -0.39 is 0 Å². The maximum atomic E-state index is 5.26. The summed E-state index contributed by atoms with van der Waals surface area (Å²) in [7, 11) is 0. The molecular weight excluding hydrogens is 248 g/mol. The molecule has 0 bridgehead atoms. The van der Waals surface area contributed by atoms with Crippen molar-refractivity contribution in [3.8, 4) is 0 Å². The lowest BCUT2D eigenvalue weighted by atomic mass is 10.0. The van der Waals surface area contributed by atoms with Crippen molar-refractivity contribution < 1.29 is 4.52 Å². The highest BCUT2D eigenvalue weighted by Gasteiger charge is 2.11. The summed E-state index contributed by atoms with van der Waals surface area (Å²) in [5, 5.41) is 7.52. The van der Waals surface area contributed by atoms with Crippen LogP contribution in [0.4, 0.5) is 0 Å². The van der Waals surface area contributed by atoms with Crippen LogP contribution in [-0.4, -0.2) is 5.16 Å². The zero-order chi connectivity index (χ0) is 14.2. The average molecular weight is 272 g/mol. The predicted octanol–water partition coefficient (Wildman–Crippen LogP) is 4.39. The Morgan fingerprint density at radius 2 is 2.00 bits per heavy atom. The molecule has 1 aromatic heterocycles. The molecular formula is C17H24N2O. The molecule has 0 aliphatic rings. The van der Waals surface area contributed by atoms with Crippen LogP contribution in [0.15, 0.2) is 40.9 Å². The molecule has 0 aliphatic carbocycles. The summed E-state index contributed by atoms with van der Waals surface area (Å²) in [4.78, 5) is 0. The van der Waals surface area contributed by atoms with E-state index >= 15 is 0 Å². The predicted molar refractivity (Wildman–Crippen MR) is 81.4 cm³/mol. The maximum Gasteiger partial charge on any atom is 0.150 e. The first-order chi connectivity index (χ1) is 9.79. The fourth-order valence-corrected chi connectivity index (χ4v) is 2.39. The highest BCUT2D eigenvalue weighted by atomic mass is 16.5. The first kappa shape index (κ1) is 14.8. The van der Waals surface area contributed by atoms with E-state index in [-0.39, 0.29) is 0 Å². The van der Waals surface area contributed by atoms with E-state index in [2.05, 4.69) is 47.7 Å². The number of rotatable bonds is 8. The van der Waals surface area contributed by atoms with Crippen molar-refractivity contribution in [3.05, 3.63) is 53.4 Å². The number of unbranched alkanes of at least 4 members (excludes halogenated alkanes) is 2. The Labute approximate surface area is 121 Å². The zero-order valence-electron chi connectivity index (χ0n) is 12.4. The fourth-order valence-electron chi connectivity index (χ4n) is 2.39. The Balaban J connectivity index is 1.95. The first-order valence-electron chi connectivity index (χ1n) is 7.50. The summed E-state index contributed by atoms with van der Waals surface area (Å²) in [6.07, 6.45) is 4.94. The molecule has 0 radical (unpaired) electrons. The van der Waals surface area contributed by atoms with Gasteiger partial charge in [0.15, 0.2) is 5.76 Å². The molecule has 1 aromatic carbocycles. The highest BCUT2D eigenvalue weighted by molar-refractivity contribution is 5.19. The van der Waals surface area contributed by atoms with E-state index in [9.17, 15) is 0 Å². The molecule has 1 N–H and O–H groups in total. The van der Waals surface area contributed by atoms with Gasteiger partial charge in [-0.15, -0.1) is 0 Å². The number of hydrogen-bond acceptors (Lipinski definition) is 3. The molecule has 0 spiro atoms. The number of hydrogen-bond donors (Lipinski definition) is 1. The molecule has 3 heteroatoms. The third-order valence-electron chi connectivity index (χ3n) is 3.50. The van der Waals surface area contributed by atoms with Crippen molar-refractivity contribution in [2.45, 2.75) is 52.1 Å². The van der Waals surface area contributed by atoms with E-state index in [1.807, 2.05) is 13.0 Å². The summed E-state index contributed by atoms with van der Waals surface area (Å²) in [5.41, 5.74) is 2.28. The molecule has 0 aliphatic heterocycles. The van der Waals surface area contributed by atoms with Crippen LogP contribution in [0, 0.1) is 6.92 Å². The minimum Gasteiger partial charge on any atom is -0.360 e. The number of aromatic nitrogens is 1. The van der Waals surface area contributed by atoms with Crippen LogP contribution in [0.3, 0.4) is 0 Å². The number of nitrogens with zero attached hydrogens (tertiary/aromatic N) is 1. The molecule has 2 rings (SSSR count). The van der Waals surface area contributed by atoms with Crippen molar-refractivity contribution in [1.82, 2.24) is 10.5 Å². The van der Waals surface area contributed by atoms with Crippen molar-refractivity contribution >= 4 is 0 Å². The smallest absolute Gasteiger partial charge is 0.150 e. The van der Waals surface area contributed by atoms with Gasteiger partial charge in [0.05, 0.1) is 12.2 Å². The van der Waals surface area contributed by atoms with Gasteiger partial charge in [-0.05, 0) is 18.9 Å². The molecule has 20 heavy (non-hydrogen) atoms. The molecule has 108 valence electrons. The summed E-state index contributed by atoms with van der Waals surface area (Å²) in [5.74, 6) is 0.902. The topological polar surface area (TPSA) is 38.1 Å². The fraction of sp³-hybridized carbons (Fsp3) is 0.471. The number of benzene rings is 1. The Morgan fingerprint density at radius 1 is 1.20 bits per heavy atom. The summed E-state index contributed by atoms with van der Waals surface area (Å²) < 4.78 is 5.26. The average Bonchev–Trinajstić information content (AvgIpc) is 2.89. The van der Waals surface area contributed by atoms with Crippen LogP contribution < -0.4 is 5.32 Å². The highest BCUT2D eigenvalue weighted by Crippen LogP contribution is 2.20. The van der Waals surface area contributed by atoms with Crippen LogP contribution >= 0.6 is 0 Å². The van der Waals surface area contributed by atoms with Crippen molar-refractivity contribution in [1.29, 1.82) is 0 Å². The molecule has 3 nitrogen and oxygen atoms in total. The van der Waals surface area contributed by atoms with Gasteiger partial charge in [-0.2, -0.15) is 0 Å². The van der Waals surface area contributed by atoms with Gasteiger partial charge >= 0.3 is 0 Å². The molecule has 1 atom stereocenters. The minimum absolute atomic E-state index is 0.383. The van der Waals surface area contributed by atoms with Crippen molar-refractivity contribution in [3.63, 3.8) is 0 Å². The van der Waals surface area contributed by atoms with Crippen LogP contribution in [-0.2, 0) is 6.54 Å². The van der Waals surface area contributed by atoms with E-state index in [1.54, 1.807) is 0 Å². The molecule has 0 amide bonds. The third-order valence-corrected chi connectivity index (χ3v) is 3.50. The Morgan fingerprint density at radius 3 is 2.65 bits per heavy atom. The van der Waals surface area contributed by atoms with Gasteiger partial charge in [0.1, 0.15) is 0 Å². The van der Waals surface area contributed by atoms with Gasteiger partial charge in [-0.25, -0.2) is 0 Å². The number of aryl methyl sites for hydroxylation is 1. The van der Waals surface area contributed by atoms with Gasteiger partial charge in [0, 0.05) is 12.1 Å². The monoisotopic (exact) mass is 272 g/mol. The zero-order valence-corrected chi connectivity index (χ0v) is 12.4. The summed E-state index contributed by atoms with van der Waals surface area (Å²) in [6, 6.07) is 13.0. The largest absolute Gasteiger partial charge is 0.360 e. The van der Waals surface area contributed by atoms with Crippen LogP contribution in [0.1, 0.15) is 55.7 Å². The van der Waals surface area contributed by atoms with Gasteiger partial charge < -0.3 is 9.84 Å². The van der Waals surface area contributed by atoms with Crippen LogP contribution in [0.5, 0.6) is 0 Å². The standard InChI is InChI=1S/C17H24N2O/c1-3-4-6-11-17(15-9-7-5-8-10-15)18-13-16-12-14(2)19-20-16/h5,7-10,12,17-18H,3-4,6,11,13H2,1-2H3. The van der Waals surface area contributed by atoms with Crippen molar-refractivity contribution in [2.75, 3.05) is 0 Å². The SMILES string of the molecule is CCCCCC(NCc1cc(C)no1)c1ccccc1. The lowest BCUT2D eigenvalue weighted by Crippen LogP contribution is -2.20. The third kappa shape index (κ3) is 4.49. The van der Waals surface area contributed by atoms with Gasteiger partial charge in [-0.3, -0.25) is 0 Å². The molecule has 0 saturated carbocycles. The quantitative estimate of drug-likeness (QED) is 0.724. The van der Waals surface area contributed by atoms with Crippen LogP contribution in [0.2, 0.25) is 0 Å². The lowest BCUT2D eigenvalue weighted by Gasteiger charge is -2.18. The van der Waals surface area contributed by atoms with E-state index in [1.165, 1.54) is 24.8 Å². The molecule has 2 aromatic rings. The van der Waals surface area contributed by atoms with E-state index in [4.69, 9.17) is 4.52 Å². The molecule has 1 heterocycles. The molecule has 0 saturated heterocycles. The molecule has 1 unspecified atom stereocenters. The second-order valence-electron chi connectivity index (χ2n) is 5.27. The van der Waals surface area contributed by atoms with Gasteiger partial charge in [-0.1, -0.05) is 61.7 Å². The summed E-state index contributed by atoms with van der Waals surface area (Å²) >= 11 is 0. The molecule has 0 fully saturated rings. The summed E-state index contributed by atoms with van der Waals surface area (Å²) in [6.45, 7) is 4.91. The Bertz CT molecular complexity index is 493. The Hall–Kier alpha value is -1.61. The number of nitrogens with one attached hydrogen (secondary N) is 1. The minimum atomic E-state index is 0.383. The normalized spacial score (nSPS) is 12.5. The van der Waals surface area contributed by atoms with E-state index in [0.29, 0.717) is 6.04 Å². The maximum absolute atomic E-state index is 5.26. The van der Waals surface area contributed by atoms with E-state index in [0.717, 1.165) is 24.4 Å². The first-order valence-corrected chi connectivity index (χ1v) is 7.50. The Kier molecular flexibility index (Phi) is 5.81. The second kappa shape index (κ2) is 7.85. The lowest BCUT2D eigenvalue weighted by molar-refractivity contribution is 0.355. The van der Waals surface area contributed by atoms with Crippen molar-refractivity contribution in [2.24, 2.45) is 0 Å².